The number of rotatable bonds is 6. The van der Waals surface area contributed by atoms with E-state index in [-0.39, 0.29) is 5.75 Å². The summed E-state index contributed by atoms with van der Waals surface area (Å²) in [5.41, 5.74) is 5.47. The summed E-state index contributed by atoms with van der Waals surface area (Å²) >= 11 is 4.84. The van der Waals surface area contributed by atoms with Crippen molar-refractivity contribution in [2.75, 3.05) is 38.5 Å². The van der Waals surface area contributed by atoms with Gasteiger partial charge in [0.2, 0.25) is 10.0 Å². The minimum atomic E-state index is -3.05. The molecular formula is C10H21N3O2S2. The minimum absolute atomic E-state index is 0.263. The van der Waals surface area contributed by atoms with Gasteiger partial charge in [0, 0.05) is 32.7 Å². The van der Waals surface area contributed by atoms with Crippen molar-refractivity contribution in [3.8, 4) is 0 Å². The minimum Gasteiger partial charge on any atom is -0.392 e. The molecule has 0 aromatic carbocycles. The van der Waals surface area contributed by atoms with E-state index < -0.39 is 10.0 Å². The maximum absolute atomic E-state index is 11.9. The number of sulfonamides is 1. The fourth-order valence-electron chi connectivity index (χ4n) is 1.84. The van der Waals surface area contributed by atoms with Crippen molar-refractivity contribution >= 4 is 27.2 Å². The summed E-state index contributed by atoms with van der Waals surface area (Å²) in [6.07, 6.45) is 1.63. The second-order valence-corrected chi connectivity index (χ2v) is 6.92. The summed E-state index contributed by atoms with van der Waals surface area (Å²) < 4.78 is 25.4. The zero-order chi connectivity index (χ0) is 12.9. The molecule has 0 radical (unpaired) electrons. The summed E-state index contributed by atoms with van der Waals surface area (Å²) in [7, 11) is -3.05. The van der Waals surface area contributed by atoms with Crippen molar-refractivity contribution in [1.82, 2.24) is 9.21 Å². The highest BCUT2D eigenvalue weighted by molar-refractivity contribution is 7.89. The molecule has 1 rings (SSSR count). The van der Waals surface area contributed by atoms with E-state index in [1.54, 1.807) is 4.31 Å². The lowest BCUT2D eigenvalue weighted by Gasteiger charge is -2.33. The third kappa shape index (κ3) is 4.87. The van der Waals surface area contributed by atoms with Gasteiger partial charge in [0.25, 0.3) is 0 Å². The van der Waals surface area contributed by atoms with Crippen molar-refractivity contribution in [1.29, 1.82) is 0 Å². The fourth-order valence-corrected chi connectivity index (χ4v) is 3.66. The van der Waals surface area contributed by atoms with Crippen molar-refractivity contribution in [2.24, 2.45) is 5.73 Å². The molecular weight excluding hydrogens is 258 g/mol. The molecule has 17 heavy (non-hydrogen) atoms. The van der Waals surface area contributed by atoms with E-state index in [9.17, 15) is 8.42 Å². The van der Waals surface area contributed by atoms with Gasteiger partial charge in [0.15, 0.2) is 0 Å². The first kappa shape index (κ1) is 14.8. The average Bonchev–Trinajstić information content (AvgIpc) is 2.26. The lowest BCUT2D eigenvalue weighted by atomic mass is 10.3. The number of hydrogen-bond donors (Lipinski definition) is 1. The first-order chi connectivity index (χ1) is 7.95. The molecule has 100 valence electrons. The highest BCUT2D eigenvalue weighted by Crippen LogP contribution is 2.09. The maximum Gasteiger partial charge on any atom is 0.214 e. The van der Waals surface area contributed by atoms with Crippen LogP contribution in [0.1, 0.15) is 19.8 Å². The summed E-state index contributed by atoms with van der Waals surface area (Å²) in [6, 6.07) is 0. The first-order valence-corrected chi connectivity index (χ1v) is 7.96. The van der Waals surface area contributed by atoms with Crippen LogP contribution in [0.2, 0.25) is 0 Å². The van der Waals surface area contributed by atoms with Gasteiger partial charge in [-0.25, -0.2) is 8.42 Å². The molecule has 1 aliphatic rings. The van der Waals surface area contributed by atoms with E-state index in [0.717, 1.165) is 12.8 Å². The summed E-state index contributed by atoms with van der Waals surface area (Å²) in [4.78, 5) is 2.56. The fraction of sp³-hybridized carbons (Fsp3) is 0.900. The van der Waals surface area contributed by atoms with Crippen molar-refractivity contribution in [3.05, 3.63) is 0 Å². The first-order valence-electron chi connectivity index (χ1n) is 5.94. The molecule has 0 spiro atoms. The molecule has 1 aliphatic heterocycles. The molecule has 2 N–H and O–H groups in total. The van der Waals surface area contributed by atoms with Gasteiger partial charge >= 0.3 is 0 Å². The summed E-state index contributed by atoms with van der Waals surface area (Å²) in [5, 5.41) is 0. The van der Waals surface area contributed by atoms with E-state index in [2.05, 4.69) is 4.90 Å². The quantitative estimate of drug-likeness (QED) is 0.694. The number of nitrogens with two attached hydrogens (primary N) is 1. The summed E-state index contributed by atoms with van der Waals surface area (Å²) in [6.45, 7) is 5.10. The Morgan fingerprint density at radius 2 is 1.88 bits per heavy atom. The molecule has 0 unspecified atom stereocenters. The SMILES string of the molecule is CCCCS(=O)(=O)N1CCN(CC(N)=S)CC1. The van der Waals surface area contributed by atoms with E-state index in [1.807, 2.05) is 6.92 Å². The van der Waals surface area contributed by atoms with Crippen LogP contribution in [0.25, 0.3) is 0 Å². The van der Waals surface area contributed by atoms with Crippen LogP contribution in [0, 0.1) is 0 Å². The van der Waals surface area contributed by atoms with E-state index >= 15 is 0 Å². The molecule has 1 heterocycles. The van der Waals surface area contributed by atoms with Crippen LogP contribution in [0.4, 0.5) is 0 Å². The lowest BCUT2D eigenvalue weighted by Crippen LogP contribution is -2.50. The molecule has 0 saturated carbocycles. The van der Waals surface area contributed by atoms with Crippen LogP contribution >= 0.6 is 12.2 Å². The van der Waals surface area contributed by atoms with Crippen LogP contribution in [0.15, 0.2) is 0 Å². The predicted octanol–water partition coefficient (Wildman–Crippen LogP) is 0.0200. The van der Waals surface area contributed by atoms with Gasteiger partial charge in [0.05, 0.1) is 10.7 Å². The van der Waals surface area contributed by atoms with Crippen molar-refractivity contribution in [2.45, 2.75) is 19.8 Å². The Bertz CT molecular complexity index is 349. The normalized spacial score (nSPS) is 19.4. The molecule has 0 amide bonds. The van der Waals surface area contributed by atoms with Crippen LogP contribution in [0.3, 0.4) is 0 Å². The van der Waals surface area contributed by atoms with Gasteiger partial charge in [-0.1, -0.05) is 25.6 Å². The topological polar surface area (TPSA) is 66.6 Å². The van der Waals surface area contributed by atoms with E-state index in [4.69, 9.17) is 18.0 Å². The molecule has 1 fully saturated rings. The van der Waals surface area contributed by atoms with E-state index in [1.165, 1.54) is 0 Å². The number of piperazine rings is 1. The third-order valence-electron chi connectivity index (χ3n) is 2.86. The van der Waals surface area contributed by atoms with Gasteiger partial charge in [0.1, 0.15) is 0 Å². The Morgan fingerprint density at radius 3 is 2.35 bits per heavy atom. The van der Waals surface area contributed by atoms with Gasteiger partial charge in [-0.3, -0.25) is 4.90 Å². The number of thiocarbonyl (C=S) groups is 1. The lowest BCUT2D eigenvalue weighted by molar-refractivity contribution is 0.209. The smallest absolute Gasteiger partial charge is 0.214 e. The third-order valence-corrected chi connectivity index (χ3v) is 4.95. The Kier molecular flexibility index (Phi) is 5.78. The van der Waals surface area contributed by atoms with Crippen molar-refractivity contribution in [3.63, 3.8) is 0 Å². The zero-order valence-corrected chi connectivity index (χ0v) is 11.9. The second-order valence-electron chi connectivity index (χ2n) is 4.31. The molecule has 7 heteroatoms. The molecule has 0 aliphatic carbocycles. The van der Waals surface area contributed by atoms with Crippen LogP contribution < -0.4 is 5.73 Å². The Labute approximate surface area is 109 Å². The Hall–Kier alpha value is -0.240. The molecule has 0 bridgehead atoms. The van der Waals surface area contributed by atoms with Crippen molar-refractivity contribution < 1.29 is 8.42 Å². The maximum atomic E-state index is 11.9. The van der Waals surface area contributed by atoms with Gasteiger partial charge in [-0.05, 0) is 6.42 Å². The molecule has 0 aromatic heterocycles. The highest BCUT2D eigenvalue weighted by atomic mass is 32.2. The van der Waals surface area contributed by atoms with Crippen LogP contribution in [0.5, 0.6) is 0 Å². The van der Waals surface area contributed by atoms with Crippen LogP contribution in [-0.2, 0) is 10.0 Å². The zero-order valence-electron chi connectivity index (χ0n) is 10.3. The standard InChI is InChI=1S/C10H21N3O2S2/c1-2-3-8-17(14,15)13-6-4-12(5-7-13)9-10(11)16/h2-9H2,1H3,(H2,11,16). The van der Waals surface area contributed by atoms with E-state index in [0.29, 0.717) is 37.7 Å². The second kappa shape index (κ2) is 6.63. The monoisotopic (exact) mass is 279 g/mol. The van der Waals surface area contributed by atoms with Gasteiger partial charge in [-0.2, -0.15) is 4.31 Å². The molecule has 1 saturated heterocycles. The average molecular weight is 279 g/mol. The molecule has 0 atom stereocenters. The number of hydrogen-bond acceptors (Lipinski definition) is 4. The van der Waals surface area contributed by atoms with Crippen LogP contribution in [-0.4, -0.2) is 61.1 Å². The highest BCUT2D eigenvalue weighted by Gasteiger charge is 2.26. The Morgan fingerprint density at radius 1 is 1.29 bits per heavy atom. The van der Waals surface area contributed by atoms with Gasteiger partial charge < -0.3 is 5.73 Å². The molecule has 5 nitrogen and oxygen atoms in total. The molecule has 0 aromatic rings. The van der Waals surface area contributed by atoms with Gasteiger partial charge in [-0.15, -0.1) is 0 Å². The largest absolute Gasteiger partial charge is 0.392 e. The number of nitrogens with zero attached hydrogens (tertiary/aromatic N) is 2. The predicted molar refractivity (Wildman–Crippen MR) is 73.5 cm³/mol. The Balaban J connectivity index is 2.43. The number of unbranched alkanes of at least 4 members (excludes halogenated alkanes) is 1. The summed E-state index contributed by atoms with van der Waals surface area (Å²) in [5.74, 6) is 0.263.